The molecule has 4 aromatic rings. The number of methoxy groups -OCH3 is 1. The fourth-order valence-electron chi connectivity index (χ4n) is 4.48. The number of nitrogens with one attached hydrogen (secondary N) is 2. The van der Waals surface area contributed by atoms with Crippen LogP contribution in [0.3, 0.4) is 0 Å². The average Bonchev–Trinajstić information content (AvgIpc) is 2.94. The Kier molecular flexibility index (Phi) is 7.28. The Hall–Kier alpha value is -4.03. The van der Waals surface area contributed by atoms with Gasteiger partial charge in [0, 0.05) is 48.5 Å². The number of benzene rings is 3. The van der Waals surface area contributed by atoms with Crippen LogP contribution in [0.5, 0.6) is 5.75 Å². The summed E-state index contributed by atoms with van der Waals surface area (Å²) in [5.74, 6) is 1.53. The summed E-state index contributed by atoms with van der Waals surface area (Å²) in [6.07, 6.45) is 1.87. The zero-order valence-electron chi connectivity index (χ0n) is 20.9. The largest absolute Gasteiger partial charge is 0.497 e. The van der Waals surface area contributed by atoms with E-state index < -0.39 is 0 Å². The number of pyridine rings is 1. The number of fused-ring (bicyclic) bond motifs is 1. The molecule has 5 rings (SSSR count). The molecule has 1 amide bonds. The van der Waals surface area contributed by atoms with Crippen LogP contribution in [0.2, 0.25) is 5.02 Å². The van der Waals surface area contributed by atoms with Crippen LogP contribution >= 0.6 is 11.6 Å². The van der Waals surface area contributed by atoms with Crippen molar-refractivity contribution in [3.8, 4) is 16.9 Å². The predicted octanol–water partition coefficient (Wildman–Crippen LogP) is 6.08. The predicted molar refractivity (Wildman–Crippen MR) is 150 cm³/mol. The molecule has 0 fully saturated rings. The molecule has 1 aliphatic heterocycles. The highest BCUT2D eigenvalue weighted by Gasteiger charge is 2.20. The summed E-state index contributed by atoms with van der Waals surface area (Å²) in [6, 6.07) is 23.5. The van der Waals surface area contributed by atoms with Crippen molar-refractivity contribution in [3.05, 3.63) is 106 Å². The number of ether oxygens (including phenoxy) is 1. The minimum Gasteiger partial charge on any atom is -0.497 e. The van der Waals surface area contributed by atoms with Crippen LogP contribution in [0.1, 0.15) is 27.0 Å². The number of amides is 1. The highest BCUT2D eigenvalue weighted by Crippen LogP contribution is 2.33. The molecule has 0 bridgehead atoms. The molecule has 0 saturated carbocycles. The summed E-state index contributed by atoms with van der Waals surface area (Å²) in [5.41, 5.74) is 7.07. The number of aryl methyl sites for hydroxylation is 1. The SMILES string of the molecule is COc1cccc(CNC(=O)c2ccc(-c3cnc4c(c3)N(Cc3cc(Cl)ccc3C)CCN4)cc2)c1. The molecule has 0 unspecified atom stereocenters. The maximum absolute atomic E-state index is 12.7. The van der Waals surface area contributed by atoms with Crippen LogP contribution in [-0.4, -0.2) is 31.1 Å². The summed E-state index contributed by atoms with van der Waals surface area (Å²) >= 11 is 6.26. The van der Waals surface area contributed by atoms with Crippen LogP contribution in [-0.2, 0) is 13.1 Å². The van der Waals surface area contributed by atoms with Crippen molar-refractivity contribution in [2.75, 3.05) is 30.4 Å². The lowest BCUT2D eigenvalue weighted by Crippen LogP contribution is -2.34. The molecule has 6 nitrogen and oxygen atoms in total. The van der Waals surface area contributed by atoms with E-state index in [1.807, 2.05) is 66.9 Å². The Morgan fingerprint density at radius 2 is 1.92 bits per heavy atom. The van der Waals surface area contributed by atoms with Crippen LogP contribution in [0.15, 0.2) is 79.0 Å². The standard InChI is InChI=1S/C30H29ClN4O2/c1-20-6-11-26(31)15-25(20)19-35-13-12-32-29-28(35)16-24(18-33-29)22-7-9-23(10-8-22)30(36)34-17-21-4-3-5-27(14-21)37-2/h3-11,14-16,18H,12-13,17,19H2,1-2H3,(H,32,33)(H,34,36). The number of carbonyl (C=O) groups excluding carboxylic acids is 1. The fourth-order valence-corrected chi connectivity index (χ4v) is 4.67. The molecule has 3 aromatic carbocycles. The normalized spacial score (nSPS) is 12.5. The maximum atomic E-state index is 12.7. The zero-order chi connectivity index (χ0) is 25.8. The number of hydrogen-bond donors (Lipinski definition) is 2. The summed E-state index contributed by atoms with van der Waals surface area (Å²) in [7, 11) is 1.63. The minimum absolute atomic E-state index is 0.120. The van der Waals surface area contributed by atoms with Crippen molar-refractivity contribution in [2.24, 2.45) is 0 Å². The average molecular weight is 513 g/mol. The number of anilines is 2. The first kappa shape index (κ1) is 24.7. The van der Waals surface area contributed by atoms with Gasteiger partial charge in [0.05, 0.1) is 12.8 Å². The number of rotatable bonds is 7. The van der Waals surface area contributed by atoms with Gasteiger partial charge in [-0.25, -0.2) is 4.98 Å². The number of carbonyl (C=O) groups is 1. The van der Waals surface area contributed by atoms with E-state index in [-0.39, 0.29) is 5.91 Å². The molecule has 2 N–H and O–H groups in total. The second kappa shape index (κ2) is 10.9. The first-order valence-electron chi connectivity index (χ1n) is 12.3. The Labute approximate surface area is 222 Å². The molecule has 0 radical (unpaired) electrons. The molecule has 188 valence electrons. The molecule has 0 saturated heterocycles. The molecule has 7 heteroatoms. The molecular formula is C30H29ClN4O2. The third-order valence-electron chi connectivity index (χ3n) is 6.62. The third kappa shape index (κ3) is 5.70. The van der Waals surface area contributed by atoms with Crippen LogP contribution in [0.4, 0.5) is 11.5 Å². The molecule has 2 heterocycles. The monoisotopic (exact) mass is 512 g/mol. The van der Waals surface area contributed by atoms with Gasteiger partial charge in [0.15, 0.2) is 0 Å². The number of halogens is 1. The van der Waals surface area contributed by atoms with Crippen LogP contribution in [0, 0.1) is 6.92 Å². The Morgan fingerprint density at radius 3 is 2.73 bits per heavy atom. The molecule has 0 spiro atoms. The molecule has 1 aromatic heterocycles. The Morgan fingerprint density at radius 1 is 1.08 bits per heavy atom. The second-order valence-corrected chi connectivity index (χ2v) is 9.56. The van der Waals surface area contributed by atoms with Crippen molar-refractivity contribution in [1.82, 2.24) is 10.3 Å². The van der Waals surface area contributed by atoms with Gasteiger partial charge < -0.3 is 20.3 Å². The van der Waals surface area contributed by atoms with E-state index in [0.717, 1.165) is 58.6 Å². The van der Waals surface area contributed by atoms with E-state index in [4.69, 9.17) is 21.3 Å². The first-order valence-corrected chi connectivity index (χ1v) is 12.6. The van der Waals surface area contributed by atoms with Gasteiger partial charge in [-0.15, -0.1) is 0 Å². The topological polar surface area (TPSA) is 66.5 Å². The van der Waals surface area contributed by atoms with E-state index >= 15 is 0 Å². The van der Waals surface area contributed by atoms with Crippen LogP contribution in [0.25, 0.3) is 11.1 Å². The fraction of sp³-hybridized carbons (Fsp3) is 0.200. The summed E-state index contributed by atoms with van der Waals surface area (Å²) in [5, 5.41) is 7.12. The lowest BCUT2D eigenvalue weighted by atomic mass is 10.0. The Bertz CT molecular complexity index is 1420. The third-order valence-corrected chi connectivity index (χ3v) is 6.86. The molecule has 0 aliphatic carbocycles. The first-order chi connectivity index (χ1) is 18.0. The van der Waals surface area contributed by atoms with Crippen molar-refractivity contribution >= 4 is 29.0 Å². The van der Waals surface area contributed by atoms with E-state index in [1.54, 1.807) is 7.11 Å². The summed E-state index contributed by atoms with van der Waals surface area (Å²) in [6.45, 7) is 5.01. The highest BCUT2D eigenvalue weighted by atomic mass is 35.5. The molecule has 1 aliphatic rings. The highest BCUT2D eigenvalue weighted by molar-refractivity contribution is 6.30. The van der Waals surface area contributed by atoms with Crippen molar-refractivity contribution in [3.63, 3.8) is 0 Å². The van der Waals surface area contributed by atoms with Crippen molar-refractivity contribution in [2.45, 2.75) is 20.0 Å². The lowest BCUT2D eigenvalue weighted by molar-refractivity contribution is 0.0951. The zero-order valence-corrected chi connectivity index (χ0v) is 21.7. The van der Waals surface area contributed by atoms with Gasteiger partial charge in [0.1, 0.15) is 11.6 Å². The number of nitrogens with zero attached hydrogens (tertiary/aromatic N) is 2. The van der Waals surface area contributed by atoms with Gasteiger partial charge >= 0.3 is 0 Å². The Balaban J connectivity index is 1.31. The van der Waals surface area contributed by atoms with Crippen LogP contribution < -0.4 is 20.3 Å². The maximum Gasteiger partial charge on any atom is 0.251 e. The van der Waals surface area contributed by atoms with Gasteiger partial charge in [0.2, 0.25) is 0 Å². The summed E-state index contributed by atoms with van der Waals surface area (Å²) in [4.78, 5) is 19.7. The van der Waals surface area contributed by atoms with Gasteiger partial charge in [-0.2, -0.15) is 0 Å². The van der Waals surface area contributed by atoms with Gasteiger partial charge in [-0.3, -0.25) is 4.79 Å². The lowest BCUT2D eigenvalue weighted by Gasteiger charge is -2.32. The van der Waals surface area contributed by atoms with E-state index in [0.29, 0.717) is 12.1 Å². The minimum atomic E-state index is -0.120. The quantitative estimate of drug-likeness (QED) is 0.314. The van der Waals surface area contributed by atoms with Gasteiger partial charge in [-0.05, 0) is 71.6 Å². The number of aromatic nitrogens is 1. The smallest absolute Gasteiger partial charge is 0.251 e. The number of hydrogen-bond acceptors (Lipinski definition) is 5. The van der Waals surface area contributed by atoms with Gasteiger partial charge in [0.25, 0.3) is 5.91 Å². The summed E-state index contributed by atoms with van der Waals surface area (Å²) < 4.78 is 5.25. The van der Waals surface area contributed by atoms with Crippen molar-refractivity contribution in [1.29, 1.82) is 0 Å². The van der Waals surface area contributed by atoms with Gasteiger partial charge in [-0.1, -0.05) is 41.9 Å². The van der Waals surface area contributed by atoms with E-state index in [2.05, 4.69) is 34.6 Å². The van der Waals surface area contributed by atoms with Crippen molar-refractivity contribution < 1.29 is 9.53 Å². The van der Waals surface area contributed by atoms with E-state index in [9.17, 15) is 4.79 Å². The molecule has 37 heavy (non-hydrogen) atoms. The molecular weight excluding hydrogens is 484 g/mol. The molecule has 0 atom stereocenters. The van der Waals surface area contributed by atoms with E-state index in [1.165, 1.54) is 11.1 Å². The second-order valence-electron chi connectivity index (χ2n) is 9.12.